The van der Waals surface area contributed by atoms with Gasteiger partial charge in [0, 0.05) is 26.2 Å². The SMILES string of the molecule is Cn1nccc1NC(=O)N1CCC(Cc2ccc(F)cc2)C1. The van der Waals surface area contributed by atoms with E-state index < -0.39 is 0 Å². The van der Waals surface area contributed by atoms with Crippen LogP contribution in [0.4, 0.5) is 15.0 Å². The molecule has 5 nitrogen and oxygen atoms in total. The van der Waals surface area contributed by atoms with E-state index in [9.17, 15) is 9.18 Å². The van der Waals surface area contributed by atoms with Gasteiger partial charge in [-0.3, -0.25) is 10.00 Å². The second kappa shape index (κ2) is 6.17. The number of amides is 2. The Kier molecular flexibility index (Phi) is 4.09. The van der Waals surface area contributed by atoms with Gasteiger partial charge in [-0.2, -0.15) is 5.10 Å². The first-order valence-corrected chi connectivity index (χ1v) is 7.40. The Morgan fingerprint density at radius 3 is 2.82 bits per heavy atom. The molecule has 22 heavy (non-hydrogen) atoms. The van der Waals surface area contributed by atoms with Gasteiger partial charge in [0.2, 0.25) is 0 Å². The first-order valence-electron chi connectivity index (χ1n) is 7.40. The van der Waals surface area contributed by atoms with Crippen LogP contribution in [0.1, 0.15) is 12.0 Å². The molecule has 1 fully saturated rings. The zero-order valence-electron chi connectivity index (χ0n) is 12.5. The maximum atomic E-state index is 12.9. The number of aromatic nitrogens is 2. The quantitative estimate of drug-likeness (QED) is 0.947. The Bertz CT molecular complexity index is 652. The molecule has 0 radical (unpaired) electrons. The molecule has 0 saturated carbocycles. The summed E-state index contributed by atoms with van der Waals surface area (Å²) in [7, 11) is 1.79. The lowest BCUT2D eigenvalue weighted by Crippen LogP contribution is -2.33. The standard InChI is InChI=1S/C16H19FN4O/c1-20-15(6-8-18-20)19-16(22)21-9-7-13(11-21)10-12-2-4-14(17)5-3-12/h2-6,8,13H,7,9-11H2,1H3,(H,19,22). The molecule has 1 aliphatic heterocycles. The van der Waals surface area contributed by atoms with E-state index in [1.54, 1.807) is 24.0 Å². The van der Waals surface area contributed by atoms with Crippen molar-refractivity contribution in [3.63, 3.8) is 0 Å². The molecule has 2 amide bonds. The van der Waals surface area contributed by atoms with Crippen LogP contribution in [-0.2, 0) is 13.5 Å². The van der Waals surface area contributed by atoms with Gasteiger partial charge in [0.1, 0.15) is 11.6 Å². The lowest BCUT2D eigenvalue weighted by molar-refractivity contribution is 0.220. The second-order valence-corrected chi connectivity index (χ2v) is 5.70. The van der Waals surface area contributed by atoms with Crippen molar-refractivity contribution >= 4 is 11.8 Å². The predicted octanol–water partition coefficient (Wildman–Crippen LogP) is 2.66. The number of hydrogen-bond donors (Lipinski definition) is 1. The number of urea groups is 1. The van der Waals surface area contributed by atoms with Crippen molar-refractivity contribution in [2.24, 2.45) is 13.0 Å². The van der Waals surface area contributed by atoms with Gasteiger partial charge >= 0.3 is 6.03 Å². The summed E-state index contributed by atoms with van der Waals surface area (Å²) in [6, 6.07) is 8.27. The molecule has 1 saturated heterocycles. The Hall–Kier alpha value is -2.37. The molecule has 2 heterocycles. The van der Waals surface area contributed by atoms with Crippen molar-refractivity contribution in [1.82, 2.24) is 14.7 Å². The number of nitrogens with zero attached hydrogens (tertiary/aromatic N) is 3. The molecule has 2 aromatic rings. The van der Waals surface area contributed by atoms with Crippen LogP contribution in [0.3, 0.4) is 0 Å². The Labute approximate surface area is 128 Å². The lowest BCUT2D eigenvalue weighted by atomic mass is 9.99. The van der Waals surface area contributed by atoms with Gasteiger partial charge in [0.25, 0.3) is 0 Å². The molecule has 116 valence electrons. The van der Waals surface area contributed by atoms with Crippen LogP contribution in [0.15, 0.2) is 36.5 Å². The van der Waals surface area contributed by atoms with Crippen molar-refractivity contribution in [1.29, 1.82) is 0 Å². The number of anilines is 1. The minimum Gasteiger partial charge on any atom is -0.324 e. The van der Waals surface area contributed by atoms with E-state index in [4.69, 9.17) is 0 Å². The van der Waals surface area contributed by atoms with Gasteiger partial charge in [-0.25, -0.2) is 9.18 Å². The van der Waals surface area contributed by atoms with E-state index in [1.807, 2.05) is 17.0 Å². The zero-order chi connectivity index (χ0) is 15.5. The molecule has 0 aliphatic carbocycles. The lowest BCUT2D eigenvalue weighted by Gasteiger charge is -2.17. The summed E-state index contributed by atoms with van der Waals surface area (Å²) in [4.78, 5) is 14.1. The van der Waals surface area contributed by atoms with Crippen LogP contribution in [0.25, 0.3) is 0 Å². The van der Waals surface area contributed by atoms with Gasteiger partial charge in [-0.1, -0.05) is 12.1 Å². The highest BCUT2D eigenvalue weighted by Gasteiger charge is 2.26. The molecule has 1 unspecified atom stereocenters. The smallest absolute Gasteiger partial charge is 0.323 e. The fourth-order valence-electron chi connectivity index (χ4n) is 2.82. The highest BCUT2D eigenvalue weighted by atomic mass is 19.1. The maximum Gasteiger partial charge on any atom is 0.323 e. The first kappa shape index (κ1) is 14.6. The zero-order valence-corrected chi connectivity index (χ0v) is 12.5. The molecule has 1 aliphatic rings. The van der Waals surface area contributed by atoms with E-state index in [-0.39, 0.29) is 11.8 Å². The summed E-state index contributed by atoms with van der Waals surface area (Å²) < 4.78 is 14.5. The molecule has 1 atom stereocenters. The molecule has 3 rings (SSSR count). The third kappa shape index (κ3) is 3.27. The van der Waals surface area contributed by atoms with Crippen molar-refractivity contribution in [2.75, 3.05) is 18.4 Å². The van der Waals surface area contributed by atoms with E-state index in [1.165, 1.54) is 12.1 Å². The van der Waals surface area contributed by atoms with Crippen LogP contribution in [-0.4, -0.2) is 33.8 Å². The molecular weight excluding hydrogens is 283 g/mol. The van der Waals surface area contributed by atoms with Crippen LogP contribution in [0.5, 0.6) is 0 Å². The molecule has 1 aromatic carbocycles. The molecule has 1 N–H and O–H groups in total. The molecular formula is C16H19FN4O. The Morgan fingerprint density at radius 1 is 1.36 bits per heavy atom. The number of carbonyl (C=O) groups excluding carboxylic acids is 1. The van der Waals surface area contributed by atoms with Crippen molar-refractivity contribution in [2.45, 2.75) is 12.8 Å². The van der Waals surface area contributed by atoms with Gasteiger partial charge in [-0.15, -0.1) is 0 Å². The number of rotatable bonds is 3. The summed E-state index contributed by atoms with van der Waals surface area (Å²) in [5, 5.41) is 6.89. The summed E-state index contributed by atoms with van der Waals surface area (Å²) in [6.07, 6.45) is 3.49. The summed E-state index contributed by atoms with van der Waals surface area (Å²) in [5.41, 5.74) is 1.11. The van der Waals surface area contributed by atoms with Gasteiger partial charge in [-0.05, 0) is 36.5 Å². The number of carbonyl (C=O) groups is 1. The van der Waals surface area contributed by atoms with Crippen LogP contribution in [0.2, 0.25) is 0 Å². The third-order valence-corrected chi connectivity index (χ3v) is 4.07. The van der Waals surface area contributed by atoms with E-state index in [2.05, 4.69) is 10.4 Å². The summed E-state index contributed by atoms with van der Waals surface area (Å²) in [5.74, 6) is 0.891. The van der Waals surface area contributed by atoms with Crippen molar-refractivity contribution in [3.05, 3.63) is 47.9 Å². The number of hydrogen-bond acceptors (Lipinski definition) is 2. The highest BCUT2D eigenvalue weighted by molar-refractivity contribution is 5.88. The van der Waals surface area contributed by atoms with Gasteiger partial charge in [0.15, 0.2) is 0 Å². The van der Waals surface area contributed by atoms with E-state index in [0.717, 1.165) is 31.5 Å². The van der Waals surface area contributed by atoms with Gasteiger partial charge < -0.3 is 4.90 Å². The molecule has 1 aromatic heterocycles. The number of likely N-dealkylation sites (tertiary alicyclic amines) is 1. The number of nitrogens with one attached hydrogen (secondary N) is 1. The number of aryl methyl sites for hydroxylation is 1. The first-order chi connectivity index (χ1) is 10.6. The van der Waals surface area contributed by atoms with E-state index in [0.29, 0.717) is 11.7 Å². The van der Waals surface area contributed by atoms with E-state index >= 15 is 0 Å². The summed E-state index contributed by atoms with van der Waals surface area (Å²) in [6.45, 7) is 1.47. The molecule has 6 heteroatoms. The highest BCUT2D eigenvalue weighted by Crippen LogP contribution is 2.21. The number of halogens is 1. The average molecular weight is 302 g/mol. The largest absolute Gasteiger partial charge is 0.324 e. The minimum atomic E-state index is -0.215. The molecule has 0 spiro atoms. The maximum absolute atomic E-state index is 12.9. The fourth-order valence-corrected chi connectivity index (χ4v) is 2.82. The van der Waals surface area contributed by atoms with Crippen LogP contribution >= 0.6 is 0 Å². The third-order valence-electron chi connectivity index (χ3n) is 4.07. The summed E-state index contributed by atoms with van der Waals surface area (Å²) >= 11 is 0. The monoisotopic (exact) mass is 302 g/mol. The average Bonchev–Trinajstić information content (AvgIpc) is 3.12. The topological polar surface area (TPSA) is 50.2 Å². The Balaban J connectivity index is 1.54. The fraction of sp³-hybridized carbons (Fsp3) is 0.375. The minimum absolute atomic E-state index is 0.0924. The van der Waals surface area contributed by atoms with Crippen molar-refractivity contribution in [3.8, 4) is 0 Å². The second-order valence-electron chi connectivity index (χ2n) is 5.70. The van der Waals surface area contributed by atoms with Crippen LogP contribution < -0.4 is 5.32 Å². The number of benzene rings is 1. The van der Waals surface area contributed by atoms with Crippen molar-refractivity contribution < 1.29 is 9.18 Å². The molecule has 0 bridgehead atoms. The van der Waals surface area contributed by atoms with Crippen LogP contribution in [0, 0.1) is 11.7 Å². The Morgan fingerprint density at radius 2 is 2.14 bits per heavy atom. The predicted molar refractivity (Wildman–Crippen MR) is 82.0 cm³/mol. The van der Waals surface area contributed by atoms with Gasteiger partial charge in [0.05, 0.1) is 6.20 Å². The normalized spacial score (nSPS) is 17.7.